The second kappa shape index (κ2) is 35.9. The van der Waals surface area contributed by atoms with Gasteiger partial charge in [-0.3, -0.25) is 18.6 Å². The third-order valence-electron chi connectivity index (χ3n) is 10.8. The number of aliphatic hydroxyl groups is 5. The third kappa shape index (κ3) is 28.5. The van der Waals surface area contributed by atoms with E-state index < -0.39 is 75.7 Å². The van der Waals surface area contributed by atoms with Crippen molar-refractivity contribution in [2.75, 3.05) is 13.2 Å². The molecule has 0 radical (unpaired) electrons. The van der Waals surface area contributed by atoms with Gasteiger partial charge in [0.1, 0.15) is 43.2 Å². The van der Waals surface area contributed by atoms with Crippen LogP contribution in [-0.4, -0.2) is 98.3 Å². The van der Waals surface area contributed by atoms with Crippen LogP contribution in [-0.2, 0) is 32.7 Å². The number of unbranched alkanes of at least 4 members (excludes halogenated alkanes) is 22. The molecule has 0 aromatic rings. The maximum Gasteiger partial charge on any atom is 0.472 e. The second-order valence-electron chi connectivity index (χ2n) is 16.3. The molecule has 6 atom stereocenters. The van der Waals surface area contributed by atoms with E-state index in [1.54, 1.807) is 0 Å². The molecule has 0 aromatic heterocycles. The number of rotatable bonds is 38. The molecule has 1 aliphatic rings. The fraction of sp³-hybridized carbons (Fsp3) is 0.867. The highest BCUT2D eigenvalue weighted by atomic mass is 31.2. The van der Waals surface area contributed by atoms with Gasteiger partial charge in [-0.25, -0.2) is 4.57 Å². The summed E-state index contributed by atoms with van der Waals surface area (Å²) in [4.78, 5) is 35.7. The summed E-state index contributed by atoms with van der Waals surface area (Å²) in [6.07, 6.45) is 25.1. The Bertz CT molecular complexity index is 1130. The van der Waals surface area contributed by atoms with Crippen molar-refractivity contribution >= 4 is 19.8 Å². The smallest absolute Gasteiger partial charge is 0.462 e. The Morgan fingerprint density at radius 2 is 0.915 bits per heavy atom. The number of carbonyl (C=O) groups is 2. The minimum atomic E-state index is -5.12. The zero-order chi connectivity index (χ0) is 43.6. The highest BCUT2D eigenvalue weighted by Crippen LogP contribution is 2.47. The molecule has 1 fully saturated rings. The van der Waals surface area contributed by atoms with Crippen LogP contribution in [0.15, 0.2) is 24.3 Å². The second-order valence-corrected chi connectivity index (χ2v) is 17.7. The average Bonchev–Trinajstić information content (AvgIpc) is 3.21. The van der Waals surface area contributed by atoms with Gasteiger partial charge in [0, 0.05) is 12.8 Å². The van der Waals surface area contributed by atoms with E-state index in [1.165, 1.54) is 89.9 Å². The summed E-state index contributed by atoms with van der Waals surface area (Å²) in [6, 6.07) is 0. The van der Waals surface area contributed by atoms with Crippen molar-refractivity contribution in [3.8, 4) is 0 Å². The molecular weight excluding hydrogens is 779 g/mol. The molecule has 0 heterocycles. The van der Waals surface area contributed by atoms with Crippen LogP contribution in [0.2, 0.25) is 0 Å². The Morgan fingerprint density at radius 3 is 1.41 bits per heavy atom. The first kappa shape index (κ1) is 55.3. The molecule has 6 unspecified atom stereocenters. The third-order valence-corrected chi connectivity index (χ3v) is 11.8. The molecule has 14 heteroatoms. The molecule has 13 nitrogen and oxygen atoms in total. The van der Waals surface area contributed by atoms with Crippen LogP contribution in [0.1, 0.15) is 194 Å². The number of esters is 2. The number of carbonyl (C=O) groups excluding carboxylic acids is 2. The van der Waals surface area contributed by atoms with E-state index in [9.17, 15) is 44.6 Å². The lowest BCUT2D eigenvalue weighted by molar-refractivity contribution is -0.220. The lowest BCUT2D eigenvalue weighted by Gasteiger charge is -2.41. The molecule has 6 N–H and O–H groups in total. The number of aliphatic hydroxyl groups excluding tert-OH is 5. The first-order chi connectivity index (χ1) is 28.4. The number of allylic oxidation sites excluding steroid dienone is 4. The normalized spacial score (nSPS) is 22.5. The summed E-state index contributed by atoms with van der Waals surface area (Å²) in [5, 5.41) is 50.1. The SMILES string of the molecule is CCCCCC=CCC=CCCCCCCCC(=O)OC(COC(=O)CCCCCCCCCCCCCCCCC)COP(=O)(O)OC1C(O)C(O)C(O)C(O)C1O. The maximum atomic E-state index is 12.8. The molecule has 1 saturated carbocycles. The first-order valence-corrected chi connectivity index (χ1v) is 24.6. The van der Waals surface area contributed by atoms with Crippen LogP contribution in [0, 0.1) is 0 Å². The van der Waals surface area contributed by atoms with Crippen LogP contribution < -0.4 is 0 Å². The van der Waals surface area contributed by atoms with Gasteiger partial charge >= 0.3 is 19.8 Å². The van der Waals surface area contributed by atoms with E-state index >= 15 is 0 Å². The Balaban J connectivity index is 2.47. The lowest BCUT2D eigenvalue weighted by atomic mass is 9.85. The van der Waals surface area contributed by atoms with E-state index in [-0.39, 0.29) is 12.8 Å². The molecule has 1 aliphatic carbocycles. The molecule has 0 spiro atoms. The summed E-state index contributed by atoms with van der Waals surface area (Å²) in [5.41, 5.74) is 0. The number of hydrogen-bond donors (Lipinski definition) is 6. The molecule has 1 rings (SSSR count). The van der Waals surface area contributed by atoms with Crippen LogP contribution >= 0.6 is 7.82 Å². The zero-order valence-corrected chi connectivity index (χ0v) is 37.4. The van der Waals surface area contributed by atoms with Crippen molar-refractivity contribution in [2.24, 2.45) is 0 Å². The summed E-state index contributed by atoms with van der Waals surface area (Å²) < 4.78 is 33.5. The molecule has 59 heavy (non-hydrogen) atoms. The van der Waals surface area contributed by atoms with Gasteiger partial charge in [0.15, 0.2) is 6.10 Å². The predicted molar refractivity (Wildman–Crippen MR) is 230 cm³/mol. The topological polar surface area (TPSA) is 210 Å². The Morgan fingerprint density at radius 1 is 0.525 bits per heavy atom. The van der Waals surface area contributed by atoms with Gasteiger partial charge in [0.05, 0.1) is 6.61 Å². The van der Waals surface area contributed by atoms with Crippen molar-refractivity contribution in [3.05, 3.63) is 24.3 Å². The molecule has 0 amide bonds. The largest absolute Gasteiger partial charge is 0.472 e. The summed E-state index contributed by atoms with van der Waals surface area (Å²) >= 11 is 0. The molecular formula is C45H83O13P. The number of phosphoric acid groups is 1. The van der Waals surface area contributed by atoms with Gasteiger partial charge in [0.25, 0.3) is 0 Å². The molecule has 0 saturated heterocycles. The van der Waals surface area contributed by atoms with E-state index in [1.807, 2.05) is 0 Å². The minimum absolute atomic E-state index is 0.0832. The minimum Gasteiger partial charge on any atom is -0.462 e. The van der Waals surface area contributed by atoms with Crippen LogP contribution in [0.4, 0.5) is 0 Å². The average molecular weight is 863 g/mol. The highest BCUT2D eigenvalue weighted by molar-refractivity contribution is 7.47. The fourth-order valence-corrected chi connectivity index (χ4v) is 8.00. The van der Waals surface area contributed by atoms with E-state index in [4.69, 9.17) is 18.5 Å². The van der Waals surface area contributed by atoms with Gasteiger partial charge in [0.2, 0.25) is 0 Å². The summed E-state index contributed by atoms with van der Waals surface area (Å²) in [7, 11) is -5.12. The Kier molecular flexibility index (Phi) is 33.7. The lowest BCUT2D eigenvalue weighted by Crippen LogP contribution is -2.64. The molecule has 346 valence electrons. The molecule has 0 aliphatic heterocycles. The van der Waals surface area contributed by atoms with Gasteiger partial charge in [-0.05, 0) is 44.9 Å². The van der Waals surface area contributed by atoms with E-state index in [0.29, 0.717) is 12.8 Å². The van der Waals surface area contributed by atoms with Crippen LogP contribution in [0.3, 0.4) is 0 Å². The fourth-order valence-electron chi connectivity index (χ4n) is 7.02. The van der Waals surface area contributed by atoms with Gasteiger partial charge in [-0.1, -0.05) is 160 Å². The Hall–Kier alpha value is -1.67. The van der Waals surface area contributed by atoms with Crippen molar-refractivity contribution < 1.29 is 63.1 Å². The van der Waals surface area contributed by atoms with Gasteiger partial charge < -0.3 is 39.9 Å². The van der Waals surface area contributed by atoms with Gasteiger partial charge in [-0.15, -0.1) is 0 Å². The van der Waals surface area contributed by atoms with Gasteiger partial charge in [-0.2, -0.15) is 0 Å². The highest BCUT2D eigenvalue weighted by Gasteiger charge is 2.51. The molecule has 0 bridgehead atoms. The summed E-state index contributed by atoms with van der Waals surface area (Å²) in [5.74, 6) is -1.11. The van der Waals surface area contributed by atoms with Crippen molar-refractivity contribution in [1.29, 1.82) is 0 Å². The van der Waals surface area contributed by atoms with Crippen molar-refractivity contribution in [1.82, 2.24) is 0 Å². The predicted octanol–water partition coefficient (Wildman–Crippen LogP) is 8.84. The van der Waals surface area contributed by atoms with Crippen molar-refractivity contribution in [3.63, 3.8) is 0 Å². The van der Waals surface area contributed by atoms with E-state index in [0.717, 1.165) is 64.2 Å². The maximum absolute atomic E-state index is 12.8. The van der Waals surface area contributed by atoms with Crippen LogP contribution in [0.25, 0.3) is 0 Å². The number of hydrogen-bond acceptors (Lipinski definition) is 12. The number of phosphoric ester groups is 1. The monoisotopic (exact) mass is 863 g/mol. The number of ether oxygens (including phenoxy) is 2. The molecule has 0 aromatic carbocycles. The van der Waals surface area contributed by atoms with Crippen LogP contribution in [0.5, 0.6) is 0 Å². The Labute approximate surface area is 356 Å². The van der Waals surface area contributed by atoms with Crippen molar-refractivity contribution in [2.45, 2.75) is 236 Å². The quantitative estimate of drug-likeness (QED) is 0.0149. The summed E-state index contributed by atoms with van der Waals surface area (Å²) in [6.45, 7) is 3.27. The van der Waals surface area contributed by atoms with E-state index in [2.05, 4.69) is 38.2 Å². The first-order valence-electron chi connectivity index (χ1n) is 23.1. The zero-order valence-electron chi connectivity index (χ0n) is 36.6. The standard InChI is InChI=1S/C45H83O13P/c1-3-5-7-9-11-13-15-17-19-21-23-25-27-29-31-33-38(46)55-35-37(36-56-59(53,54)58-45-43(51)41(49)40(48)42(50)44(45)52)57-39(47)34-32-30-28-26-24-22-20-18-16-14-12-10-8-6-4-2/h12,14,18,20,37,40-45,48-52H,3-11,13,15-17,19,21-36H2,1-2H3,(H,53,54).